The molecule has 1 aliphatic rings. The van der Waals surface area contributed by atoms with Crippen LogP contribution in [0.5, 0.6) is 0 Å². The maximum Gasteiger partial charge on any atom is 0.336 e. The lowest BCUT2D eigenvalue weighted by Crippen LogP contribution is -2.30. The van der Waals surface area contributed by atoms with E-state index in [1.165, 1.54) is 21.1 Å². The van der Waals surface area contributed by atoms with Crippen molar-refractivity contribution in [2.45, 2.75) is 12.5 Å². The van der Waals surface area contributed by atoms with Crippen molar-refractivity contribution in [2.75, 3.05) is 13.2 Å². The van der Waals surface area contributed by atoms with Gasteiger partial charge in [-0.25, -0.2) is 9.78 Å². The average Bonchev–Trinajstić information content (AvgIpc) is 3.29. The monoisotopic (exact) mass is 358 g/mol. The van der Waals surface area contributed by atoms with Gasteiger partial charge in [0.25, 0.3) is 5.69 Å². The lowest BCUT2D eigenvalue weighted by atomic mass is 10.1. The van der Waals surface area contributed by atoms with Gasteiger partial charge in [0.2, 0.25) is 0 Å². The largest absolute Gasteiger partial charge is 0.391 e. The number of hydrogen-bond donors (Lipinski definition) is 1. The molecule has 1 N–H and O–H groups in total. The predicted molar refractivity (Wildman–Crippen MR) is 88.5 cm³/mol. The van der Waals surface area contributed by atoms with Gasteiger partial charge in [0.05, 0.1) is 23.8 Å². The third kappa shape index (κ3) is 2.75. The van der Waals surface area contributed by atoms with Crippen LogP contribution in [0.1, 0.15) is 6.23 Å². The van der Waals surface area contributed by atoms with Gasteiger partial charge >= 0.3 is 5.69 Å². The zero-order chi connectivity index (χ0) is 18.3. The highest BCUT2D eigenvalue weighted by Gasteiger charge is 2.27. The summed E-state index contributed by atoms with van der Waals surface area (Å²) in [5.74, 6) is 0. The molecule has 1 saturated heterocycles. The number of aromatic nitrogens is 3. The number of non-ortho nitro benzene ring substituents is 1. The lowest BCUT2D eigenvalue weighted by molar-refractivity contribution is -0.384. The average molecular weight is 358 g/mol. The van der Waals surface area contributed by atoms with Crippen LogP contribution in [-0.2, 0) is 9.47 Å². The Balaban J connectivity index is 1.70. The SMILES string of the molecule is O=c1n([C@@H]2CO[C@@H](CO)O2)ccc2nc(-c3ccc([N+](=O)[O-])cc3)cn12. The van der Waals surface area contributed by atoms with Crippen molar-refractivity contribution in [3.8, 4) is 11.3 Å². The van der Waals surface area contributed by atoms with Gasteiger partial charge < -0.3 is 14.6 Å². The van der Waals surface area contributed by atoms with Crippen molar-refractivity contribution >= 4 is 11.3 Å². The molecule has 134 valence electrons. The molecule has 1 fully saturated rings. The molecule has 0 aliphatic carbocycles. The third-order valence-corrected chi connectivity index (χ3v) is 4.11. The van der Waals surface area contributed by atoms with Gasteiger partial charge in [0, 0.05) is 30.1 Å². The third-order valence-electron chi connectivity index (χ3n) is 4.11. The fourth-order valence-corrected chi connectivity index (χ4v) is 2.80. The molecule has 4 rings (SSSR count). The first-order valence-corrected chi connectivity index (χ1v) is 7.80. The second-order valence-corrected chi connectivity index (χ2v) is 5.70. The summed E-state index contributed by atoms with van der Waals surface area (Å²) >= 11 is 0. The fraction of sp³-hybridized carbons (Fsp3) is 0.250. The van der Waals surface area contributed by atoms with E-state index in [4.69, 9.17) is 14.6 Å². The van der Waals surface area contributed by atoms with Gasteiger partial charge in [-0.15, -0.1) is 0 Å². The molecule has 26 heavy (non-hydrogen) atoms. The standard InChI is InChI=1S/C16H14N4O6/c21-8-15-25-9-14(26-15)18-6-5-13-17-12(7-19(13)16(18)22)10-1-3-11(4-2-10)20(23)24/h1-7,14-15,21H,8-9H2/t14-,15+/m0/s1. The summed E-state index contributed by atoms with van der Waals surface area (Å²) in [7, 11) is 0. The molecule has 0 amide bonds. The van der Waals surface area contributed by atoms with E-state index >= 15 is 0 Å². The topological polar surface area (TPSA) is 121 Å². The van der Waals surface area contributed by atoms with Gasteiger partial charge in [-0.3, -0.25) is 19.1 Å². The molecular formula is C16H14N4O6. The summed E-state index contributed by atoms with van der Waals surface area (Å²) in [6, 6.07) is 7.59. The highest BCUT2D eigenvalue weighted by atomic mass is 16.7. The molecule has 0 bridgehead atoms. The van der Waals surface area contributed by atoms with Crippen molar-refractivity contribution in [2.24, 2.45) is 0 Å². The number of aliphatic hydroxyl groups is 1. The number of fused-ring (bicyclic) bond motifs is 1. The van der Waals surface area contributed by atoms with E-state index in [-0.39, 0.29) is 24.6 Å². The highest BCUT2D eigenvalue weighted by molar-refractivity contribution is 5.63. The summed E-state index contributed by atoms with van der Waals surface area (Å²) in [5.41, 5.74) is 1.24. The van der Waals surface area contributed by atoms with Gasteiger partial charge in [-0.05, 0) is 18.2 Å². The summed E-state index contributed by atoms with van der Waals surface area (Å²) in [5, 5.41) is 19.8. The van der Waals surface area contributed by atoms with Crippen molar-refractivity contribution in [1.29, 1.82) is 0 Å². The number of nitro groups is 1. The highest BCUT2D eigenvalue weighted by Crippen LogP contribution is 2.23. The first kappa shape index (κ1) is 16.4. The van der Waals surface area contributed by atoms with E-state index in [1.807, 2.05) is 0 Å². The van der Waals surface area contributed by atoms with Crippen LogP contribution in [-0.4, -0.2) is 43.5 Å². The first-order chi connectivity index (χ1) is 12.6. The minimum Gasteiger partial charge on any atom is -0.391 e. The molecule has 1 aliphatic heterocycles. The molecule has 3 heterocycles. The maximum absolute atomic E-state index is 12.7. The molecule has 0 unspecified atom stereocenters. The Morgan fingerprint density at radius 2 is 2.08 bits per heavy atom. The van der Waals surface area contributed by atoms with Crippen LogP contribution in [0.2, 0.25) is 0 Å². The van der Waals surface area contributed by atoms with Gasteiger partial charge in [0.15, 0.2) is 12.5 Å². The Labute approximate surface area is 146 Å². The van der Waals surface area contributed by atoms with Gasteiger partial charge in [-0.2, -0.15) is 0 Å². The molecule has 10 heteroatoms. The van der Waals surface area contributed by atoms with Crippen molar-refractivity contribution in [1.82, 2.24) is 14.0 Å². The number of nitrogens with zero attached hydrogens (tertiary/aromatic N) is 4. The van der Waals surface area contributed by atoms with E-state index in [0.29, 0.717) is 16.9 Å². The molecule has 0 spiro atoms. The van der Waals surface area contributed by atoms with E-state index in [0.717, 1.165) is 0 Å². The Bertz CT molecular complexity index is 1030. The van der Waals surface area contributed by atoms with Crippen LogP contribution in [0.15, 0.2) is 47.5 Å². The number of ether oxygens (including phenoxy) is 2. The second kappa shape index (κ2) is 6.33. The Kier molecular flexibility index (Phi) is 3.99. The van der Waals surface area contributed by atoms with Crippen LogP contribution in [0, 0.1) is 10.1 Å². The fourth-order valence-electron chi connectivity index (χ4n) is 2.80. The number of aliphatic hydroxyl groups excluding tert-OH is 1. The molecule has 1 aromatic carbocycles. The van der Waals surface area contributed by atoms with Crippen molar-refractivity contribution < 1.29 is 19.5 Å². The molecule has 0 radical (unpaired) electrons. The molecule has 2 atom stereocenters. The normalized spacial score (nSPS) is 19.9. The molecule has 0 saturated carbocycles. The molecule has 2 aromatic heterocycles. The number of rotatable bonds is 4. The molecular weight excluding hydrogens is 344 g/mol. The van der Waals surface area contributed by atoms with Crippen molar-refractivity contribution in [3.63, 3.8) is 0 Å². The molecule has 10 nitrogen and oxygen atoms in total. The predicted octanol–water partition coefficient (Wildman–Crippen LogP) is 0.935. The number of hydrogen-bond acceptors (Lipinski definition) is 7. The van der Waals surface area contributed by atoms with Crippen LogP contribution in [0.25, 0.3) is 16.9 Å². The number of nitro benzene ring substituents is 1. The Hall–Kier alpha value is -3.08. The Morgan fingerprint density at radius 1 is 1.31 bits per heavy atom. The van der Waals surface area contributed by atoms with E-state index in [1.54, 1.807) is 30.6 Å². The lowest BCUT2D eigenvalue weighted by Gasteiger charge is -2.12. The minimum atomic E-state index is -0.749. The van der Waals surface area contributed by atoms with E-state index in [2.05, 4.69) is 4.98 Å². The van der Waals surface area contributed by atoms with Crippen LogP contribution < -0.4 is 5.69 Å². The van der Waals surface area contributed by atoms with Gasteiger partial charge in [0.1, 0.15) is 5.65 Å². The van der Waals surface area contributed by atoms with Crippen LogP contribution in [0.3, 0.4) is 0 Å². The number of imidazole rings is 1. The van der Waals surface area contributed by atoms with E-state index in [9.17, 15) is 14.9 Å². The second-order valence-electron chi connectivity index (χ2n) is 5.70. The van der Waals surface area contributed by atoms with Crippen LogP contribution in [0.4, 0.5) is 5.69 Å². The summed E-state index contributed by atoms with van der Waals surface area (Å²) < 4.78 is 13.4. The maximum atomic E-state index is 12.7. The van der Waals surface area contributed by atoms with E-state index < -0.39 is 17.4 Å². The van der Waals surface area contributed by atoms with Crippen molar-refractivity contribution in [3.05, 3.63) is 63.3 Å². The smallest absolute Gasteiger partial charge is 0.336 e. The quantitative estimate of drug-likeness (QED) is 0.544. The van der Waals surface area contributed by atoms with Crippen LogP contribution >= 0.6 is 0 Å². The first-order valence-electron chi connectivity index (χ1n) is 7.80. The Morgan fingerprint density at radius 3 is 2.73 bits per heavy atom. The minimum absolute atomic E-state index is 0.0170. The summed E-state index contributed by atoms with van der Waals surface area (Å²) in [6.07, 6.45) is 1.74. The molecule has 3 aromatic rings. The van der Waals surface area contributed by atoms with Gasteiger partial charge in [-0.1, -0.05) is 0 Å². The number of benzene rings is 1. The zero-order valence-electron chi connectivity index (χ0n) is 13.4. The zero-order valence-corrected chi connectivity index (χ0v) is 13.4. The summed E-state index contributed by atoms with van der Waals surface area (Å²) in [4.78, 5) is 27.4. The summed E-state index contributed by atoms with van der Waals surface area (Å²) in [6.45, 7) is -0.136.